The SMILES string of the molecule is CCC(CC)Nc1nc(I)nc2c1ncn2[C@@H]1O[C@H](CO)[C@H](O)C1O. The van der Waals surface area contributed by atoms with E-state index in [9.17, 15) is 15.3 Å². The van der Waals surface area contributed by atoms with E-state index in [2.05, 4.69) is 34.1 Å². The van der Waals surface area contributed by atoms with Crippen molar-refractivity contribution in [2.45, 2.75) is 57.3 Å². The molecular formula is C15H22IN5O4. The number of hydrogen-bond acceptors (Lipinski definition) is 8. The number of aromatic nitrogens is 4. The van der Waals surface area contributed by atoms with E-state index in [4.69, 9.17) is 4.74 Å². The summed E-state index contributed by atoms with van der Waals surface area (Å²) < 4.78 is 7.69. The number of rotatable bonds is 6. The van der Waals surface area contributed by atoms with Gasteiger partial charge in [-0.25, -0.2) is 15.0 Å². The molecule has 4 atom stereocenters. The highest BCUT2D eigenvalue weighted by atomic mass is 127. The number of anilines is 1. The average molecular weight is 463 g/mol. The Hall–Kier alpha value is -1.08. The van der Waals surface area contributed by atoms with Crippen molar-refractivity contribution in [2.24, 2.45) is 0 Å². The summed E-state index contributed by atoms with van der Waals surface area (Å²) in [5.74, 6) is 0.633. The second-order valence-electron chi connectivity index (χ2n) is 6.05. The predicted molar refractivity (Wildman–Crippen MR) is 99.0 cm³/mol. The van der Waals surface area contributed by atoms with Gasteiger partial charge in [-0.05, 0) is 12.8 Å². The summed E-state index contributed by atoms with van der Waals surface area (Å²) in [5, 5.41) is 32.9. The molecule has 0 amide bonds. The number of nitrogens with one attached hydrogen (secondary N) is 1. The van der Waals surface area contributed by atoms with Gasteiger partial charge in [-0.15, -0.1) is 0 Å². The molecular weight excluding hydrogens is 441 g/mol. The van der Waals surface area contributed by atoms with Crippen LogP contribution in [0.1, 0.15) is 32.9 Å². The molecule has 2 aromatic rings. The lowest BCUT2D eigenvalue weighted by Gasteiger charge is -2.18. The van der Waals surface area contributed by atoms with Crippen molar-refractivity contribution in [1.29, 1.82) is 0 Å². The van der Waals surface area contributed by atoms with Crippen molar-refractivity contribution >= 4 is 39.6 Å². The zero-order valence-corrected chi connectivity index (χ0v) is 16.2. The summed E-state index contributed by atoms with van der Waals surface area (Å²) >= 11 is 2.03. The van der Waals surface area contributed by atoms with Crippen LogP contribution in [0.15, 0.2) is 6.33 Å². The molecule has 0 spiro atoms. The minimum absolute atomic E-state index is 0.271. The zero-order valence-electron chi connectivity index (χ0n) is 14.0. The Labute approximate surface area is 158 Å². The van der Waals surface area contributed by atoms with Gasteiger partial charge in [0, 0.05) is 28.6 Å². The summed E-state index contributed by atoms with van der Waals surface area (Å²) in [6.45, 7) is 3.82. The molecule has 0 aliphatic carbocycles. The molecule has 3 heterocycles. The molecule has 1 aliphatic rings. The van der Waals surface area contributed by atoms with Crippen LogP contribution in [-0.2, 0) is 4.74 Å². The number of halogens is 1. The monoisotopic (exact) mass is 463 g/mol. The smallest absolute Gasteiger partial charge is 0.194 e. The van der Waals surface area contributed by atoms with Crippen LogP contribution in [0.2, 0.25) is 0 Å². The Morgan fingerprint density at radius 1 is 1.28 bits per heavy atom. The van der Waals surface area contributed by atoms with Crippen LogP contribution in [0.4, 0.5) is 5.82 Å². The minimum atomic E-state index is -1.18. The molecule has 138 valence electrons. The molecule has 1 saturated heterocycles. The van der Waals surface area contributed by atoms with Gasteiger partial charge in [0.05, 0.1) is 12.9 Å². The molecule has 1 aliphatic heterocycles. The van der Waals surface area contributed by atoms with Gasteiger partial charge in [0.1, 0.15) is 18.3 Å². The van der Waals surface area contributed by atoms with Gasteiger partial charge in [0.15, 0.2) is 27.0 Å². The fourth-order valence-electron chi connectivity index (χ4n) is 2.97. The van der Waals surface area contributed by atoms with Gasteiger partial charge in [0.2, 0.25) is 0 Å². The highest BCUT2D eigenvalue weighted by Gasteiger charge is 2.44. The molecule has 1 unspecified atom stereocenters. The molecule has 3 rings (SSSR count). The number of aliphatic hydroxyl groups is 3. The van der Waals surface area contributed by atoms with Crippen molar-refractivity contribution in [3.63, 3.8) is 0 Å². The van der Waals surface area contributed by atoms with Crippen LogP contribution in [0.25, 0.3) is 11.2 Å². The standard InChI is InChI=1S/C15H22IN5O4/c1-3-7(4-2)18-12-9-13(20-15(16)19-12)21(6-17-9)14-11(24)10(23)8(5-22)25-14/h6-8,10-11,14,22-24H,3-5H2,1-2H3,(H,18,19,20)/t8-,10+,11?,14-/m1/s1. The maximum Gasteiger partial charge on any atom is 0.194 e. The Morgan fingerprint density at radius 2 is 2.00 bits per heavy atom. The molecule has 10 heteroatoms. The van der Waals surface area contributed by atoms with E-state index in [-0.39, 0.29) is 12.6 Å². The van der Waals surface area contributed by atoms with Gasteiger partial charge in [0.25, 0.3) is 0 Å². The predicted octanol–water partition coefficient (Wildman–Crippen LogP) is 0.643. The second-order valence-corrected chi connectivity index (χ2v) is 7.02. The van der Waals surface area contributed by atoms with Crippen molar-refractivity contribution in [3.05, 3.63) is 10.2 Å². The summed E-state index contributed by atoms with van der Waals surface area (Å²) in [6, 6.07) is 0.271. The normalized spacial score (nSPS) is 26.7. The Morgan fingerprint density at radius 3 is 2.60 bits per heavy atom. The number of ether oxygens (including phenoxy) is 1. The molecule has 4 N–H and O–H groups in total. The van der Waals surface area contributed by atoms with Crippen LogP contribution in [0.5, 0.6) is 0 Å². The Balaban J connectivity index is 2.00. The highest BCUT2D eigenvalue weighted by Crippen LogP contribution is 2.32. The second kappa shape index (κ2) is 7.66. The van der Waals surface area contributed by atoms with E-state index in [1.807, 2.05) is 22.6 Å². The first-order chi connectivity index (χ1) is 12.0. The van der Waals surface area contributed by atoms with E-state index in [0.29, 0.717) is 20.8 Å². The number of fused-ring (bicyclic) bond motifs is 1. The third-order valence-electron chi connectivity index (χ3n) is 4.51. The first-order valence-corrected chi connectivity index (χ1v) is 9.37. The van der Waals surface area contributed by atoms with E-state index in [1.54, 1.807) is 4.57 Å². The quantitative estimate of drug-likeness (QED) is 0.364. The molecule has 25 heavy (non-hydrogen) atoms. The first kappa shape index (κ1) is 18.7. The van der Waals surface area contributed by atoms with Gasteiger partial charge < -0.3 is 25.4 Å². The number of imidazole rings is 1. The zero-order chi connectivity index (χ0) is 18.1. The summed E-state index contributed by atoms with van der Waals surface area (Å²) in [5.41, 5.74) is 1.08. The summed E-state index contributed by atoms with van der Waals surface area (Å²) in [4.78, 5) is 13.2. The lowest BCUT2D eigenvalue weighted by atomic mass is 10.1. The van der Waals surface area contributed by atoms with Crippen molar-refractivity contribution in [1.82, 2.24) is 19.5 Å². The van der Waals surface area contributed by atoms with Crippen LogP contribution < -0.4 is 5.32 Å². The Kier molecular flexibility index (Phi) is 5.73. The van der Waals surface area contributed by atoms with Crippen LogP contribution in [0.3, 0.4) is 0 Å². The van der Waals surface area contributed by atoms with Crippen LogP contribution >= 0.6 is 22.6 Å². The average Bonchev–Trinajstić information content (AvgIpc) is 3.14. The molecule has 0 aromatic carbocycles. The van der Waals surface area contributed by atoms with E-state index in [1.165, 1.54) is 6.33 Å². The fraction of sp³-hybridized carbons (Fsp3) is 0.667. The molecule has 9 nitrogen and oxygen atoms in total. The lowest BCUT2D eigenvalue weighted by molar-refractivity contribution is -0.0511. The molecule has 0 bridgehead atoms. The molecule has 0 saturated carbocycles. The van der Waals surface area contributed by atoms with Crippen molar-refractivity contribution in [3.8, 4) is 0 Å². The topological polar surface area (TPSA) is 126 Å². The van der Waals surface area contributed by atoms with E-state index >= 15 is 0 Å². The summed E-state index contributed by atoms with van der Waals surface area (Å²) in [7, 11) is 0. The number of aliphatic hydroxyl groups excluding tert-OH is 3. The molecule has 0 radical (unpaired) electrons. The van der Waals surface area contributed by atoms with E-state index < -0.39 is 24.5 Å². The largest absolute Gasteiger partial charge is 0.394 e. The highest BCUT2D eigenvalue weighted by molar-refractivity contribution is 14.1. The molecule has 1 fully saturated rings. The van der Waals surface area contributed by atoms with Gasteiger partial charge in [-0.3, -0.25) is 4.57 Å². The van der Waals surface area contributed by atoms with Gasteiger partial charge >= 0.3 is 0 Å². The van der Waals surface area contributed by atoms with Crippen molar-refractivity contribution < 1.29 is 20.1 Å². The first-order valence-electron chi connectivity index (χ1n) is 8.29. The minimum Gasteiger partial charge on any atom is -0.394 e. The Bertz CT molecular complexity index is 738. The fourth-order valence-corrected chi connectivity index (χ4v) is 3.44. The lowest BCUT2D eigenvalue weighted by Crippen LogP contribution is -2.33. The third-order valence-corrected chi connectivity index (χ3v) is 4.99. The van der Waals surface area contributed by atoms with Gasteiger partial charge in [-0.1, -0.05) is 13.8 Å². The summed E-state index contributed by atoms with van der Waals surface area (Å²) in [6.07, 6.45) is -0.659. The maximum atomic E-state index is 10.3. The molecule has 2 aromatic heterocycles. The van der Waals surface area contributed by atoms with Crippen molar-refractivity contribution in [2.75, 3.05) is 11.9 Å². The number of nitrogens with zero attached hydrogens (tertiary/aromatic N) is 4. The van der Waals surface area contributed by atoms with E-state index in [0.717, 1.165) is 12.8 Å². The van der Waals surface area contributed by atoms with Gasteiger partial charge in [-0.2, -0.15) is 0 Å². The van der Waals surface area contributed by atoms with Crippen LogP contribution in [0, 0.1) is 3.83 Å². The number of hydrogen-bond donors (Lipinski definition) is 4. The maximum absolute atomic E-state index is 10.3. The third kappa shape index (κ3) is 3.45. The van der Waals surface area contributed by atoms with Crippen LogP contribution in [-0.4, -0.2) is 65.8 Å².